The largest absolute Gasteiger partial charge is 0.484 e. The molecule has 0 aliphatic rings. The van der Waals surface area contributed by atoms with E-state index < -0.39 is 0 Å². The molecule has 3 aromatic rings. The number of nitrogens with one attached hydrogen (secondary N) is 1. The van der Waals surface area contributed by atoms with Crippen molar-refractivity contribution in [2.75, 3.05) is 11.9 Å². The van der Waals surface area contributed by atoms with E-state index in [4.69, 9.17) is 4.74 Å². The van der Waals surface area contributed by atoms with E-state index in [1.54, 1.807) is 24.3 Å². The lowest BCUT2D eigenvalue weighted by Gasteiger charge is -2.08. The van der Waals surface area contributed by atoms with Crippen molar-refractivity contribution in [1.82, 2.24) is 0 Å². The number of anilines is 1. The second-order valence-electron chi connectivity index (χ2n) is 5.92. The van der Waals surface area contributed by atoms with Gasteiger partial charge in [-0.15, -0.1) is 0 Å². The van der Waals surface area contributed by atoms with Gasteiger partial charge in [-0.25, -0.2) is 0 Å². The summed E-state index contributed by atoms with van der Waals surface area (Å²) in [6.07, 6.45) is 0.974. The molecule has 0 aromatic heterocycles. The Labute approximate surface area is 158 Å². The van der Waals surface area contributed by atoms with Crippen LogP contribution < -0.4 is 10.1 Å². The number of hydrogen-bond donors (Lipinski definition) is 1. The van der Waals surface area contributed by atoms with Gasteiger partial charge in [0.05, 0.1) is 11.4 Å². The highest BCUT2D eigenvalue weighted by atomic mass is 16.5. The Morgan fingerprint density at radius 1 is 0.852 bits per heavy atom. The van der Waals surface area contributed by atoms with Gasteiger partial charge in [-0.2, -0.15) is 10.2 Å². The highest BCUT2D eigenvalue weighted by Gasteiger charge is 2.04. The lowest BCUT2D eigenvalue weighted by molar-refractivity contribution is -0.118. The molecule has 0 atom stereocenters. The fourth-order valence-electron chi connectivity index (χ4n) is 2.39. The molecule has 0 spiro atoms. The SMILES string of the molecule is CCc1ccc(OCC(=O)Nc2ccc(N=Nc3ccccc3)cc2)cc1. The molecule has 0 fully saturated rings. The van der Waals surface area contributed by atoms with Crippen molar-refractivity contribution in [2.24, 2.45) is 10.2 Å². The number of benzene rings is 3. The monoisotopic (exact) mass is 359 g/mol. The molecule has 1 amide bonds. The summed E-state index contributed by atoms with van der Waals surface area (Å²) in [5.41, 5.74) is 3.42. The summed E-state index contributed by atoms with van der Waals surface area (Å²) >= 11 is 0. The molecule has 0 aliphatic heterocycles. The number of azo groups is 1. The summed E-state index contributed by atoms with van der Waals surface area (Å²) in [4.78, 5) is 12.0. The highest BCUT2D eigenvalue weighted by Crippen LogP contribution is 2.20. The standard InChI is InChI=1S/C22H21N3O2/c1-2-17-8-14-21(15-9-17)27-16-22(26)23-18-10-12-20(13-11-18)25-24-19-6-4-3-5-7-19/h3-15H,2,16H2,1H3,(H,23,26). The predicted molar refractivity (Wildman–Crippen MR) is 107 cm³/mol. The third-order valence-electron chi connectivity index (χ3n) is 3.89. The van der Waals surface area contributed by atoms with Crippen LogP contribution in [0.4, 0.5) is 17.1 Å². The molecule has 0 saturated heterocycles. The fraction of sp³-hybridized carbons (Fsp3) is 0.136. The minimum absolute atomic E-state index is 0.0407. The molecule has 0 aliphatic carbocycles. The minimum atomic E-state index is -0.215. The maximum absolute atomic E-state index is 12.0. The van der Waals surface area contributed by atoms with E-state index in [0.717, 1.165) is 12.1 Å². The van der Waals surface area contributed by atoms with Crippen molar-refractivity contribution in [3.05, 3.63) is 84.4 Å². The Bertz CT molecular complexity index is 889. The lowest BCUT2D eigenvalue weighted by Crippen LogP contribution is -2.20. The number of nitrogens with zero attached hydrogens (tertiary/aromatic N) is 2. The van der Waals surface area contributed by atoms with Gasteiger partial charge in [-0.3, -0.25) is 4.79 Å². The van der Waals surface area contributed by atoms with Gasteiger partial charge in [-0.05, 0) is 60.5 Å². The number of carbonyl (C=O) groups excluding carboxylic acids is 1. The number of amides is 1. The van der Waals surface area contributed by atoms with Crippen molar-refractivity contribution < 1.29 is 9.53 Å². The molecule has 1 N–H and O–H groups in total. The van der Waals surface area contributed by atoms with Gasteiger partial charge in [0.15, 0.2) is 6.61 Å². The first-order chi connectivity index (χ1) is 13.2. The molecule has 27 heavy (non-hydrogen) atoms. The lowest BCUT2D eigenvalue weighted by atomic mass is 10.2. The average Bonchev–Trinajstić information content (AvgIpc) is 2.73. The fourth-order valence-corrected chi connectivity index (χ4v) is 2.39. The molecule has 136 valence electrons. The van der Waals surface area contributed by atoms with Crippen molar-refractivity contribution in [3.63, 3.8) is 0 Å². The maximum atomic E-state index is 12.0. The first-order valence-corrected chi connectivity index (χ1v) is 8.81. The smallest absolute Gasteiger partial charge is 0.262 e. The van der Waals surface area contributed by atoms with Crippen molar-refractivity contribution in [2.45, 2.75) is 13.3 Å². The van der Waals surface area contributed by atoms with E-state index >= 15 is 0 Å². The van der Waals surface area contributed by atoms with Gasteiger partial charge in [-0.1, -0.05) is 37.3 Å². The topological polar surface area (TPSA) is 63.0 Å². The summed E-state index contributed by atoms with van der Waals surface area (Å²) in [6.45, 7) is 2.05. The Morgan fingerprint density at radius 3 is 2.11 bits per heavy atom. The van der Waals surface area contributed by atoms with Crippen LogP contribution in [-0.4, -0.2) is 12.5 Å². The van der Waals surface area contributed by atoms with Crippen LogP contribution in [0.1, 0.15) is 12.5 Å². The van der Waals surface area contributed by atoms with Crippen LogP contribution in [0.15, 0.2) is 89.1 Å². The Hall–Kier alpha value is -3.47. The molecular formula is C22H21N3O2. The highest BCUT2D eigenvalue weighted by molar-refractivity contribution is 5.92. The van der Waals surface area contributed by atoms with E-state index in [1.807, 2.05) is 54.6 Å². The van der Waals surface area contributed by atoms with Crippen LogP contribution >= 0.6 is 0 Å². The summed E-state index contributed by atoms with van der Waals surface area (Å²) in [6, 6.07) is 24.4. The van der Waals surface area contributed by atoms with Crippen molar-refractivity contribution in [3.8, 4) is 5.75 Å². The van der Waals surface area contributed by atoms with E-state index in [0.29, 0.717) is 17.1 Å². The Morgan fingerprint density at radius 2 is 1.48 bits per heavy atom. The first kappa shape index (κ1) is 18.3. The average molecular weight is 359 g/mol. The van der Waals surface area contributed by atoms with Gasteiger partial charge in [0, 0.05) is 5.69 Å². The van der Waals surface area contributed by atoms with Crippen molar-refractivity contribution >= 4 is 23.0 Å². The zero-order valence-electron chi connectivity index (χ0n) is 15.1. The van der Waals surface area contributed by atoms with Gasteiger partial charge in [0.1, 0.15) is 5.75 Å². The molecule has 0 radical (unpaired) electrons. The zero-order valence-corrected chi connectivity index (χ0v) is 15.1. The maximum Gasteiger partial charge on any atom is 0.262 e. The van der Waals surface area contributed by atoms with Crippen molar-refractivity contribution in [1.29, 1.82) is 0 Å². The van der Waals surface area contributed by atoms with Crippen LogP contribution in [-0.2, 0) is 11.2 Å². The zero-order chi connectivity index (χ0) is 18.9. The van der Waals surface area contributed by atoms with E-state index in [2.05, 4.69) is 22.5 Å². The summed E-state index contributed by atoms with van der Waals surface area (Å²) < 4.78 is 5.51. The third-order valence-corrected chi connectivity index (χ3v) is 3.89. The van der Waals surface area contributed by atoms with Gasteiger partial charge >= 0.3 is 0 Å². The summed E-state index contributed by atoms with van der Waals surface area (Å²) in [5.74, 6) is 0.465. The summed E-state index contributed by atoms with van der Waals surface area (Å²) in [5, 5.41) is 11.1. The molecule has 0 heterocycles. The minimum Gasteiger partial charge on any atom is -0.484 e. The van der Waals surface area contributed by atoms with Crippen LogP contribution in [0, 0.1) is 0 Å². The Kier molecular flexibility index (Phi) is 6.30. The van der Waals surface area contributed by atoms with Gasteiger partial charge in [0.2, 0.25) is 0 Å². The molecular weight excluding hydrogens is 338 g/mol. The number of hydrogen-bond acceptors (Lipinski definition) is 4. The first-order valence-electron chi connectivity index (χ1n) is 8.81. The second-order valence-corrected chi connectivity index (χ2v) is 5.92. The van der Waals surface area contributed by atoms with Gasteiger partial charge < -0.3 is 10.1 Å². The van der Waals surface area contributed by atoms with E-state index in [-0.39, 0.29) is 12.5 Å². The number of ether oxygens (including phenoxy) is 1. The van der Waals surface area contributed by atoms with E-state index in [9.17, 15) is 4.79 Å². The predicted octanol–water partition coefficient (Wildman–Crippen LogP) is 5.68. The van der Waals surface area contributed by atoms with Gasteiger partial charge in [0.25, 0.3) is 5.91 Å². The van der Waals surface area contributed by atoms with E-state index in [1.165, 1.54) is 5.56 Å². The molecule has 0 bridgehead atoms. The quantitative estimate of drug-likeness (QED) is 0.551. The molecule has 5 heteroatoms. The third kappa shape index (κ3) is 5.78. The molecule has 0 saturated carbocycles. The second kappa shape index (κ2) is 9.29. The molecule has 3 rings (SSSR count). The van der Waals surface area contributed by atoms with Crippen LogP contribution in [0.2, 0.25) is 0 Å². The van der Waals surface area contributed by atoms with Crippen LogP contribution in [0.3, 0.4) is 0 Å². The summed E-state index contributed by atoms with van der Waals surface area (Å²) in [7, 11) is 0. The van der Waals surface area contributed by atoms with Crippen LogP contribution in [0.5, 0.6) is 5.75 Å². The molecule has 0 unspecified atom stereocenters. The number of rotatable bonds is 7. The number of carbonyl (C=O) groups is 1. The molecule has 3 aromatic carbocycles. The Balaban J connectivity index is 1.49. The number of aryl methyl sites for hydroxylation is 1. The van der Waals surface area contributed by atoms with Crippen LogP contribution in [0.25, 0.3) is 0 Å². The normalized spacial score (nSPS) is 10.7. The molecule has 5 nitrogen and oxygen atoms in total.